The molecule has 0 aromatic carbocycles. The van der Waals surface area contributed by atoms with Crippen molar-refractivity contribution in [3.63, 3.8) is 0 Å². The molecule has 1 saturated carbocycles. The summed E-state index contributed by atoms with van der Waals surface area (Å²) in [5.41, 5.74) is 0. The van der Waals surface area contributed by atoms with Gasteiger partial charge in [0.25, 0.3) is 0 Å². The third kappa shape index (κ3) is 3.74. The molecule has 0 amide bonds. The molecule has 0 spiro atoms. The topological polar surface area (TPSA) is 15.3 Å². The van der Waals surface area contributed by atoms with Crippen molar-refractivity contribution >= 4 is 0 Å². The summed E-state index contributed by atoms with van der Waals surface area (Å²) in [6.07, 6.45) is 6.93. The van der Waals surface area contributed by atoms with E-state index in [4.69, 9.17) is 0 Å². The van der Waals surface area contributed by atoms with Crippen molar-refractivity contribution in [3.05, 3.63) is 0 Å². The van der Waals surface area contributed by atoms with E-state index in [0.29, 0.717) is 12.1 Å². The van der Waals surface area contributed by atoms with Crippen LogP contribution in [0, 0.1) is 0 Å². The van der Waals surface area contributed by atoms with E-state index in [-0.39, 0.29) is 0 Å². The molecular weight excluding hydrogens is 196 g/mol. The molecule has 96 valence electrons. The Morgan fingerprint density at radius 3 is 2.31 bits per heavy atom. The Morgan fingerprint density at radius 2 is 1.81 bits per heavy atom. The van der Waals surface area contributed by atoms with Crippen LogP contribution in [-0.2, 0) is 0 Å². The van der Waals surface area contributed by atoms with Crippen molar-refractivity contribution in [2.45, 2.75) is 77.9 Å². The second kappa shape index (κ2) is 7.29. The van der Waals surface area contributed by atoms with Gasteiger partial charge in [0.2, 0.25) is 0 Å². The SMILES string of the molecule is CCCNC(C)C(C)N(CC)C1CCCC1. The maximum atomic E-state index is 3.63. The molecule has 0 aromatic rings. The minimum absolute atomic E-state index is 0.612. The van der Waals surface area contributed by atoms with Gasteiger partial charge in [-0.05, 0) is 46.2 Å². The Morgan fingerprint density at radius 1 is 1.19 bits per heavy atom. The van der Waals surface area contributed by atoms with Gasteiger partial charge in [0.05, 0.1) is 0 Å². The smallest absolute Gasteiger partial charge is 0.0221 e. The first-order valence-electron chi connectivity index (χ1n) is 7.19. The monoisotopic (exact) mass is 226 g/mol. The van der Waals surface area contributed by atoms with Gasteiger partial charge in [-0.15, -0.1) is 0 Å². The Balaban J connectivity index is 2.43. The summed E-state index contributed by atoms with van der Waals surface area (Å²) < 4.78 is 0. The molecule has 0 radical (unpaired) electrons. The van der Waals surface area contributed by atoms with Gasteiger partial charge in [0, 0.05) is 18.1 Å². The van der Waals surface area contributed by atoms with E-state index in [0.717, 1.165) is 12.6 Å². The zero-order valence-electron chi connectivity index (χ0n) is 11.6. The Kier molecular flexibility index (Phi) is 6.37. The van der Waals surface area contributed by atoms with E-state index >= 15 is 0 Å². The summed E-state index contributed by atoms with van der Waals surface area (Å²) >= 11 is 0. The molecule has 1 fully saturated rings. The highest BCUT2D eigenvalue weighted by molar-refractivity contribution is 4.85. The van der Waals surface area contributed by atoms with Crippen LogP contribution in [0.1, 0.15) is 59.8 Å². The lowest BCUT2D eigenvalue weighted by atomic mass is 10.1. The number of likely N-dealkylation sites (N-methyl/N-ethyl adjacent to an activating group) is 1. The van der Waals surface area contributed by atoms with Crippen molar-refractivity contribution in [3.8, 4) is 0 Å². The van der Waals surface area contributed by atoms with Crippen LogP contribution in [0.25, 0.3) is 0 Å². The number of nitrogens with one attached hydrogen (secondary N) is 1. The Hall–Kier alpha value is -0.0800. The molecule has 2 heteroatoms. The second-order valence-electron chi connectivity index (χ2n) is 5.25. The highest BCUT2D eigenvalue weighted by Crippen LogP contribution is 2.25. The van der Waals surface area contributed by atoms with E-state index < -0.39 is 0 Å². The van der Waals surface area contributed by atoms with Crippen molar-refractivity contribution in [2.24, 2.45) is 0 Å². The predicted octanol–water partition coefficient (Wildman–Crippen LogP) is 3.03. The van der Waals surface area contributed by atoms with Crippen molar-refractivity contribution in [1.29, 1.82) is 0 Å². The average molecular weight is 226 g/mol. The lowest BCUT2D eigenvalue weighted by molar-refractivity contribution is 0.128. The minimum Gasteiger partial charge on any atom is -0.313 e. The van der Waals surface area contributed by atoms with Crippen LogP contribution in [0.15, 0.2) is 0 Å². The van der Waals surface area contributed by atoms with E-state index in [1.807, 2.05) is 0 Å². The third-order valence-corrected chi connectivity index (χ3v) is 4.12. The first kappa shape index (κ1) is 14.0. The lowest BCUT2D eigenvalue weighted by Crippen LogP contribution is -2.50. The van der Waals surface area contributed by atoms with Crippen molar-refractivity contribution < 1.29 is 0 Å². The van der Waals surface area contributed by atoms with Gasteiger partial charge in [-0.3, -0.25) is 4.90 Å². The fourth-order valence-electron chi connectivity index (χ4n) is 2.94. The van der Waals surface area contributed by atoms with Gasteiger partial charge >= 0.3 is 0 Å². The number of nitrogens with zero attached hydrogens (tertiary/aromatic N) is 1. The van der Waals surface area contributed by atoms with E-state index in [1.54, 1.807) is 0 Å². The molecule has 2 nitrogen and oxygen atoms in total. The summed E-state index contributed by atoms with van der Waals surface area (Å²) in [7, 11) is 0. The van der Waals surface area contributed by atoms with Crippen LogP contribution in [0.2, 0.25) is 0 Å². The summed E-state index contributed by atoms with van der Waals surface area (Å²) in [6, 6.07) is 2.13. The normalized spacial score (nSPS) is 21.6. The standard InChI is InChI=1S/C14H30N2/c1-5-11-15-12(3)13(4)16(6-2)14-9-7-8-10-14/h12-15H,5-11H2,1-4H3. The van der Waals surface area contributed by atoms with Crippen LogP contribution in [0.5, 0.6) is 0 Å². The van der Waals surface area contributed by atoms with E-state index in [1.165, 1.54) is 38.6 Å². The van der Waals surface area contributed by atoms with Gasteiger partial charge in [0.1, 0.15) is 0 Å². The molecule has 1 aliphatic rings. The maximum Gasteiger partial charge on any atom is 0.0221 e. The zero-order chi connectivity index (χ0) is 12.0. The molecular formula is C14H30N2. The molecule has 2 atom stereocenters. The van der Waals surface area contributed by atoms with E-state index in [9.17, 15) is 0 Å². The second-order valence-corrected chi connectivity index (χ2v) is 5.25. The van der Waals surface area contributed by atoms with Crippen LogP contribution >= 0.6 is 0 Å². The van der Waals surface area contributed by atoms with Gasteiger partial charge in [-0.1, -0.05) is 26.7 Å². The molecule has 1 aliphatic carbocycles. The molecule has 1 N–H and O–H groups in total. The fourth-order valence-corrected chi connectivity index (χ4v) is 2.94. The quantitative estimate of drug-likeness (QED) is 0.718. The van der Waals surface area contributed by atoms with Gasteiger partial charge in [-0.25, -0.2) is 0 Å². The molecule has 0 aliphatic heterocycles. The summed E-state index contributed by atoms with van der Waals surface area (Å²) in [4.78, 5) is 2.71. The molecule has 0 bridgehead atoms. The third-order valence-electron chi connectivity index (χ3n) is 4.12. The number of rotatable bonds is 7. The predicted molar refractivity (Wildman–Crippen MR) is 71.9 cm³/mol. The van der Waals surface area contributed by atoms with Crippen LogP contribution in [0.3, 0.4) is 0 Å². The highest BCUT2D eigenvalue weighted by Gasteiger charge is 2.27. The molecule has 16 heavy (non-hydrogen) atoms. The average Bonchev–Trinajstić information content (AvgIpc) is 2.80. The highest BCUT2D eigenvalue weighted by atomic mass is 15.2. The van der Waals surface area contributed by atoms with Gasteiger partial charge < -0.3 is 5.32 Å². The van der Waals surface area contributed by atoms with E-state index in [2.05, 4.69) is 37.9 Å². The summed E-state index contributed by atoms with van der Waals surface area (Å²) in [6.45, 7) is 11.6. The Bertz CT molecular complexity index is 176. The minimum atomic E-state index is 0.612. The maximum absolute atomic E-state index is 3.63. The molecule has 0 heterocycles. The summed E-state index contributed by atoms with van der Waals surface area (Å²) in [5, 5.41) is 3.63. The summed E-state index contributed by atoms with van der Waals surface area (Å²) in [5.74, 6) is 0. The van der Waals surface area contributed by atoms with Crippen LogP contribution in [0.4, 0.5) is 0 Å². The molecule has 2 unspecified atom stereocenters. The first-order chi connectivity index (χ1) is 7.70. The Labute approximate surface area is 102 Å². The van der Waals surface area contributed by atoms with Crippen molar-refractivity contribution in [1.82, 2.24) is 10.2 Å². The van der Waals surface area contributed by atoms with Crippen molar-refractivity contribution in [2.75, 3.05) is 13.1 Å². The number of hydrogen-bond acceptors (Lipinski definition) is 2. The van der Waals surface area contributed by atoms with Gasteiger partial charge in [-0.2, -0.15) is 0 Å². The van der Waals surface area contributed by atoms with Gasteiger partial charge in [0.15, 0.2) is 0 Å². The largest absolute Gasteiger partial charge is 0.313 e. The lowest BCUT2D eigenvalue weighted by Gasteiger charge is -2.37. The molecule has 1 rings (SSSR count). The molecule has 0 aromatic heterocycles. The fraction of sp³-hybridized carbons (Fsp3) is 1.00. The number of hydrogen-bond donors (Lipinski definition) is 1. The molecule has 0 saturated heterocycles. The van der Waals surface area contributed by atoms with Crippen LogP contribution < -0.4 is 5.32 Å². The first-order valence-corrected chi connectivity index (χ1v) is 7.19. The van der Waals surface area contributed by atoms with Crippen LogP contribution in [-0.4, -0.2) is 36.1 Å². The zero-order valence-corrected chi connectivity index (χ0v) is 11.6.